The van der Waals surface area contributed by atoms with Gasteiger partial charge >= 0.3 is 5.97 Å². The lowest BCUT2D eigenvalue weighted by atomic mass is 10.0. The minimum absolute atomic E-state index is 0.0959. The molecule has 2 aromatic rings. The number of carboxylic acids is 1. The van der Waals surface area contributed by atoms with Gasteiger partial charge in [0, 0.05) is 18.3 Å². The molecular formula is C15H14N2O3. The van der Waals surface area contributed by atoms with Gasteiger partial charge in [-0.05, 0) is 24.1 Å². The third-order valence-electron chi connectivity index (χ3n) is 3.29. The van der Waals surface area contributed by atoms with Crippen LogP contribution < -0.4 is 0 Å². The molecule has 0 aliphatic heterocycles. The van der Waals surface area contributed by atoms with Crippen LogP contribution in [-0.4, -0.2) is 20.7 Å². The Morgan fingerprint density at radius 2 is 1.95 bits per heavy atom. The molecule has 1 aromatic carbocycles. The molecule has 0 unspecified atom stereocenters. The zero-order chi connectivity index (χ0) is 14.9. The van der Waals surface area contributed by atoms with Crippen LogP contribution in [0.3, 0.4) is 0 Å². The first-order valence-corrected chi connectivity index (χ1v) is 6.13. The summed E-state index contributed by atoms with van der Waals surface area (Å²) in [5, 5.41) is 18.8. The van der Waals surface area contributed by atoms with Crippen molar-refractivity contribution in [3.8, 4) is 16.9 Å². The standard InChI is InChI=1S/C15H14N2O3/c1-4-11-13(16-2)12(14(15(19)20)17(11)3)9-5-7-10(18)8-6-9/h5-8,18H,4H2,1,3H3,(H,19,20). The Morgan fingerprint density at radius 1 is 1.35 bits per heavy atom. The van der Waals surface area contributed by atoms with Gasteiger partial charge in [-0.2, -0.15) is 0 Å². The number of rotatable bonds is 3. The highest BCUT2D eigenvalue weighted by molar-refractivity contribution is 6.00. The molecule has 0 spiro atoms. The SMILES string of the molecule is [C-]#[N+]c1c(-c2ccc(O)cc2)c(C(=O)O)n(C)c1CC. The Labute approximate surface area is 116 Å². The largest absolute Gasteiger partial charge is 0.508 e. The molecule has 0 aliphatic rings. The van der Waals surface area contributed by atoms with Gasteiger partial charge in [-0.3, -0.25) is 0 Å². The molecule has 1 heterocycles. The predicted octanol–water partition coefficient (Wildman–Crippen LogP) is 3.21. The Hall–Kier alpha value is -2.74. The first-order chi connectivity index (χ1) is 9.51. The van der Waals surface area contributed by atoms with Crippen molar-refractivity contribution < 1.29 is 15.0 Å². The van der Waals surface area contributed by atoms with E-state index >= 15 is 0 Å². The highest BCUT2D eigenvalue weighted by Crippen LogP contribution is 2.39. The molecule has 0 saturated heterocycles. The minimum atomic E-state index is -1.07. The Balaban J connectivity index is 2.83. The van der Waals surface area contributed by atoms with Crippen LogP contribution in [0.15, 0.2) is 24.3 Å². The second-order valence-corrected chi connectivity index (χ2v) is 4.40. The van der Waals surface area contributed by atoms with Gasteiger partial charge in [0.2, 0.25) is 5.69 Å². The molecule has 0 radical (unpaired) electrons. The molecular weight excluding hydrogens is 256 g/mol. The third kappa shape index (κ3) is 2.01. The third-order valence-corrected chi connectivity index (χ3v) is 3.29. The van der Waals surface area contributed by atoms with Crippen molar-refractivity contribution in [2.75, 3.05) is 0 Å². The summed E-state index contributed by atoms with van der Waals surface area (Å²) in [5.41, 5.74) is 2.17. The first-order valence-electron chi connectivity index (χ1n) is 6.13. The molecule has 102 valence electrons. The Bertz CT molecular complexity index is 706. The molecule has 0 bridgehead atoms. The predicted molar refractivity (Wildman–Crippen MR) is 75.1 cm³/mol. The van der Waals surface area contributed by atoms with E-state index in [-0.39, 0.29) is 11.4 Å². The van der Waals surface area contributed by atoms with Gasteiger partial charge in [0.15, 0.2) is 0 Å². The number of hydrogen-bond acceptors (Lipinski definition) is 2. The van der Waals surface area contributed by atoms with Crippen molar-refractivity contribution in [3.05, 3.63) is 47.1 Å². The van der Waals surface area contributed by atoms with E-state index in [0.29, 0.717) is 28.9 Å². The highest BCUT2D eigenvalue weighted by Gasteiger charge is 2.25. The fourth-order valence-electron chi connectivity index (χ4n) is 2.39. The number of aromatic carboxylic acids is 1. The quantitative estimate of drug-likeness (QED) is 0.841. The Kier molecular flexibility index (Phi) is 3.49. The number of phenolic OH excluding ortho intramolecular Hbond substituents is 1. The molecule has 5 heteroatoms. The molecule has 0 aliphatic carbocycles. The van der Waals surface area contributed by atoms with E-state index in [4.69, 9.17) is 6.57 Å². The van der Waals surface area contributed by atoms with Crippen molar-refractivity contribution in [1.29, 1.82) is 0 Å². The monoisotopic (exact) mass is 270 g/mol. The van der Waals surface area contributed by atoms with E-state index in [1.807, 2.05) is 6.92 Å². The van der Waals surface area contributed by atoms with Gasteiger partial charge in [0.1, 0.15) is 11.4 Å². The maximum atomic E-state index is 11.5. The molecule has 0 atom stereocenters. The van der Waals surface area contributed by atoms with E-state index in [1.54, 1.807) is 23.7 Å². The summed E-state index contributed by atoms with van der Waals surface area (Å²) in [6, 6.07) is 6.19. The van der Waals surface area contributed by atoms with Gasteiger partial charge in [0.05, 0.1) is 6.57 Å². The van der Waals surface area contributed by atoms with E-state index < -0.39 is 5.97 Å². The van der Waals surface area contributed by atoms with E-state index in [1.165, 1.54) is 12.1 Å². The van der Waals surface area contributed by atoms with Crippen LogP contribution in [0.1, 0.15) is 23.1 Å². The van der Waals surface area contributed by atoms with Gasteiger partial charge in [-0.25, -0.2) is 9.64 Å². The second kappa shape index (κ2) is 5.10. The van der Waals surface area contributed by atoms with Crippen LogP contribution in [0.4, 0.5) is 5.69 Å². The molecule has 1 aromatic heterocycles. The summed E-state index contributed by atoms with van der Waals surface area (Å²) in [6.45, 7) is 9.23. The van der Waals surface area contributed by atoms with Crippen LogP contribution in [0.25, 0.3) is 16.0 Å². The molecule has 5 nitrogen and oxygen atoms in total. The van der Waals surface area contributed by atoms with Crippen molar-refractivity contribution in [2.24, 2.45) is 7.05 Å². The van der Waals surface area contributed by atoms with Crippen LogP contribution >= 0.6 is 0 Å². The van der Waals surface area contributed by atoms with Crippen LogP contribution in [0, 0.1) is 6.57 Å². The number of phenols is 1. The van der Waals surface area contributed by atoms with Crippen molar-refractivity contribution in [3.63, 3.8) is 0 Å². The highest BCUT2D eigenvalue weighted by atomic mass is 16.4. The lowest BCUT2D eigenvalue weighted by Crippen LogP contribution is -2.07. The minimum Gasteiger partial charge on any atom is -0.508 e. The summed E-state index contributed by atoms with van der Waals surface area (Å²) in [7, 11) is 1.65. The summed E-state index contributed by atoms with van der Waals surface area (Å²) in [4.78, 5) is 15.0. The fraction of sp³-hybridized carbons (Fsp3) is 0.200. The number of hydrogen-bond donors (Lipinski definition) is 2. The maximum absolute atomic E-state index is 11.5. The van der Waals surface area contributed by atoms with Crippen molar-refractivity contribution in [2.45, 2.75) is 13.3 Å². The van der Waals surface area contributed by atoms with Crippen LogP contribution in [-0.2, 0) is 13.5 Å². The summed E-state index contributed by atoms with van der Waals surface area (Å²) in [6.07, 6.45) is 0.576. The van der Waals surface area contributed by atoms with E-state index in [2.05, 4.69) is 4.85 Å². The average molecular weight is 270 g/mol. The van der Waals surface area contributed by atoms with Crippen molar-refractivity contribution in [1.82, 2.24) is 4.57 Å². The fourth-order valence-corrected chi connectivity index (χ4v) is 2.39. The van der Waals surface area contributed by atoms with Gasteiger partial charge in [0.25, 0.3) is 0 Å². The molecule has 2 N–H and O–H groups in total. The topological polar surface area (TPSA) is 66.8 Å². The molecule has 2 rings (SSSR count). The zero-order valence-electron chi connectivity index (χ0n) is 11.2. The first kappa shape index (κ1) is 13.7. The van der Waals surface area contributed by atoms with E-state index in [0.717, 1.165) is 0 Å². The smallest absolute Gasteiger partial charge is 0.351 e. The number of nitrogens with zero attached hydrogens (tertiary/aromatic N) is 2. The van der Waals surface area contributed by atoms with Crippen LogP contribution in [0.2, 0.25) is 0 Å². The lowest BCUT2D eigenvalue weighted by Gasteiger charge is -2.05. The summed E-state index contributed by atoms with van der Waals surface area (Å²) in [5.74, 6) is -0.971. The Morgan fingerprint density at radius 3 is 2.40 bits per heavy atom. The van der Waals surface area contributed by atoms with Gasteiger partial charge in [-0.1, -0.05) is 19.1 Å². The summed E-state index contributed by atoms with van der Waals surface area (Å²) < 4.78 is 1.55. The lowest BCUT2D eigenvalue weighted by molar-refractivity contribution is 0.0687. The van der Waals surface area contributed by atoms with E-state index in [9.17, 15) is 15.0 Å². The normalized spacial score (nSPS) is 10.2. The molecule has 0 saturated carbocycles. The van der Waals surface area contributed by atoms with Gasteiger partial charge < -0.3 is 14.8 Å². The second-order valence-electron chi connectivity index (χ2n) is 4.40. The maximum Gasteiger partial charge on any atom is 0.351 e. The number of aromatic hydroxyl groups is 1. The molecule has 0 amide bonds. The molecule has 20 heavy (non-hydrogen) atoms. The van der Waals surface area contributed by atoms with Gasteiger partial charge in [-0.15, -0.1) is 0 Å². The van der Waals surface area contributed by atoms with Crippen LogP contribution in [0.5, 0.6) is 5.75 Å². The summed E-state index contributed by atoms with van der Waals surface area (Å²) >= 11 is 0. The van der Waals surface area contributed by atoms with Crippen molar-refractivity contribution >= 4 is 11.7 Å². The number of aromatic nitrogens is 1. The number of benzene rings is 1. The number of carbonyl (C=O) groups is 1. The molecule has 0 fully saturated rings. The average Bonchev–Trinajstić information content (AvgIpc) is 2.71. The zero-order valence-corrected chi connectivity index (χ0v) is 11.2. The number of carboxylic acid groups (broad SMARTS) is 1.